The molecule has 0 saturated carbocycles. The Kier molecular flexibility index (Phi) is 4.50. The first kappa shape index (κ1) is 15.3. The Morgan fingerprint density at radius 3 is 1.95 bits per heavy atom. The number of carboxylic acids is 1. The van der Waals surface area contributed by atoms with E-state index in [9.17, 15) is 27.5 Å². The van der Waals surface area contributed by atoms with Crippen LogP contribution in [0.2, 0.25) is 0 Å². The molecule has 0 unspecified atom stereocenters. The molecule has 3 nitrogen and oxygen atoms in total. The molecule has 7 heteroatoms. The molecule has 0 radical (unpaired) electrons. The van der Waals surface area contributed by atoms with E-state index in [0.717, 1.165) is 6.42 Å². The molecule has 0 aliphatic carbocycles. The zero-order valence-electron chi connectivity index (χ0n) is 11.0. The molecule has 0 atom stereocenters. The van der Waals surface area contributed by atoms with Crippen LogP contribution in [0.25, 0.3) is 6.08 Å². The summed E-state index contributed by atoms with van der Waals surface area (Å²) in [6.07, 6.45) is 2.98. The lowest BCUT2D eigenvalue weighted by molar-refractivity contribution is -0.297. The van der Waals surface area contributed by atoms with Crippen LogP contribution in [-0.2, 0) is 4.79 Å². The van der Waals surface area contributed by atoms with Crippen molar-refractivity contribution in [3.8, 4) is 0 Å². The number of halogens is 4. The van der Waals surface area contributed by atoms with Gasteiger partial charge in [-0.3, -0.25) is 0 Å². The van der Waals surface area contributed by atoms with Crippen molar-refractivity contribution in [3.05, 3.63) is 34.9 Å². The summed E-state index contributed by atoms with van der Waals surface area (Å²) in [7, 11) is 0. The average Bonchev–Trinajstić information content (AvgIpc) is 2.46. The summed E-state index contributed by atoms with van der Waals surface area (Å²) in [5, 5.41) is 10.2. The fourth-order valence-corrected chi connectivity index (χ4v) is 2.33. The highest BCUT2D eigenvalue weighted by Crippen LogP contribution is 2.33. The Hall–Kier alpha value is -2.05. The van der Waals surface area contributed by atoms with E-state index < -0.39 is 40.5 Å². The van der Waals surface area contributed by atoms with Crippen LogP contribution in [-0.4, -0.2) is 19.1 Å². The Morgan fingerprint density at radius 2 is 1.48 bits per heavy atom. The first-order valence-electron chi connectivity index (χ1n) is 6.43. The summed E-state index contributed by atoms with van der Waals surface area (Å²) in [4.78, 5) is 11.5. The Labute approximate surface area is 118 Å². The molecule has 0 bridgehead atoms. The maximum atomic E-state index is 14.0. The molecule has 1 fully saturated rings. The predicted molar refractivity (Wildman–Crippen MR) is 66.4 cm³/mol. The third-order valence-electron chi connectivity index (χ3n) is 3.33. The molecular formula is C14H12F4NO2-. The lowest BCUT2D eigenvalue weighted by Gasteiger charge is -2.29. The number of aliphatic carboxylic acids is 1. The SMILES string of the molecule is O=C([O-])/C=C\c1c(F)c(F)c(N2CCCCC2)c(F)c1F. The maximum absolute atomic E-state index is 14.0. The van der Waals surface area contributed by atoms with Gasteiger partial charge >= 0.3 is 0 Å². The Balaban J connectivity index is 2.52. The summed E-state index contributed by atoms with van der Waals surface area (Å²) in [5.41, 5.74) is -1.81. The fourth-order valence-electron chi connectivity index (χ4n) is 2.33. The normalized spacial score (nSPS) is 15.7. The standard InChI is InChI=1S/C14H13F4NO2/c15-10-8(4-5-9(20)21)11(16)13(18)14(12(10)17)19-6-2-1-3-7-19/h4-5H,1-3,6-7H2,(H,20,21)/p-1/b5-4-. The van der Waals surface area contributed by atoms with Crippen LogP contribution >= 0.6 is 0 Å². The Bertz CT molecular complexity index is 566. The predicted octanol–water partition coefficient (Wildman–Crippen LogP) is 2.00. The minimum Gasteiger partial charge on any atom is -0.545 e. The van der Waals surface area contributed by atoms with Crippen LogP contribution < -0.4 is 10.0 Å². The zero-order valence-corrected chi connectivity index (χ0v) is 11.0. The van der Waals surface area contributed by atoms with Gasteiger partial charge in [0.2, 0.25) is 0 Å². The zero-order chi connectivity index (χ0) is 15.6. The van der Waals surface area contributed by atoms with E-state index in [0.29, 0.717) is 38.1 Å². The van der Waals surface area contributed by atoms with Gasteiger partial charge in [0, 0.05) is 13.1 Å². The van der Waals surface area contributed by atoms with Gasteiger partial charge in [0.1, 0.15) is 5.69 Å². The molecule has 21 heavy (non-hydrogen) atoms. The largest absolute Gasteiger partial charge is 0.545 e. The van der Waals surface area contributed by atoms with Crippen LogP contribution in [0.5, 0.6) is 0 Å². The maximum Gasteiger partial charge on any atom is 0.185 e. The number of rotatable bonds is 3. The average molecular weight is 302 g/mol. The number of piperidine rings is 1. The van der Waals surface area contributed by atoms with Gasteiger partial charge in [0.05, 0.1) is 11.5 Å². The fraction of sp³-hybridized carbons (Fsp3) is 0.357. The molecule has 0 aromatic heterocycles. The lowest BCUT2D eigenvalue weighted by Crippen LogP contribution is -2.31. The van der Waals surface area contributed by atoms with E-state index in [4.69, 9.17) is 0 Å². The number of carbonyl (C=O) groups is 1. The number of anilines is 1. The quantitative estimate of drug-likeness (QED) is 0.487. The molecule has 1 aromatic carbocycles. The number of nitrogens with zero attached hydrogens (tertiary/aromatic N) is 1. The van der Waals surface area contributed by atoms with Crippen molar-refractivity contribution >= 4 is 17.7 Å². The van der Waals surface area contributed by atoms with Gasteiger partial charge < -0.3 is 14.8 Å². The van der Waals surface area contributed by atoms with E-state index in [1.54, 1.807) is 0 Å². The van der Waals surface area contributed by atoms with Crippen LogP contribution in [0.1, 0.15) is 24.8 Å². The lowest BCUT2D eigenvalue weighted by atomic mass is 10.1. The van der Waals surface area contributed by atoms with Crippen LogP contribution in [0.4, 0.5) is 23.2 Å². The molecular weight excluding hydrogens is 290 g/mol. The number of carbonyl (C=O) groups excluding carboxylic acids is 1. The molecule has 2 rings (SSSR count). The highest BCUT2D eigenvalue weighted by atomic mass is 19.2. The van der Waals surface area contributed by atoms with E-state index in [2.05, 4.69) is 0 Å². The van der Waals surface area contributed by atoms with E-state index >= 15 is 0 Å². The second-order valence-corrected chi connectivity index (χ2v) is 4.72. The van der Waals surface area contributed by atoms with Crippen molar-refractivity contribution in [2.24, 2.45) is 0 Å². The second-order valence-electron chi connectivity index (χ2n) is 4.72. The van der Waals surface area contributed by atoms with Crippen molar-refractivity contribution < 1.29 is 27.5 Å². The molecule has 1 aliphatic heterocycles. The van der Waals surface area contributed by atoms with Crippen molar-refractivity contribution in [2.75, 3.05) is 18.0 Å². The molecule has 1 heterocycles. The van der Waals surface area contributed by atoms with Crippen LogP contribution in [0.3, 0.4) is 0 Å². The summed E-state index contributed by atoms with van der Waals surface area (Å²) >= 11 is 0. The first-order chi connectivity index (χ1) is 9.93. The molecule has 0 spiro atoms. The Morgan fingerprint density at radius 1 is 0.952 bits per heavy atom. The highest BCUT2D eigenvalue weighted by molar-refractivity contribution is 5.83. The molecule has 114 valence electrons. The van der Waals surface area contributed by atoms with Gasteiger partial charge in [-0.25, -0.2) is 17.6 Å². The van der Waals surface area contributed by atoms with Crippen molar-refractivity contribution in [1.82, 2.24) is 0 Å². The second kappa shape index (κ2) is 6.15. The number of hydrogen-bond donors (Lipinski definition) is 0. The van der Waals surface area contributed by atoms with Crippen LogP contribution in [0.15, 0.2) is 6.08 Å². The summed E-state index contributed by atoms with van der Waals surface area (Å²) in [6, 6.07) is 0. The van der Waals surface area contributed by atoms with Crippen molar-refractivity contribution in [2.45, 2.75) is 19.3 Å². The first-order valence-corrected chi connectivity index (χ1v) is 6.43. The van der Waals surface area contributed by atoms with Gasteiger partial charge in [-0.15, -0.1) is 0 Å². The van der Waals surface area contributed by atoms with Gasteiger partial charge in [-0.2, -0.15) is 0 Å². The van der Waals surface area contributed by atoms with Crippen molar-refractivity contribution in [3.63, 3.8) is 0 Å². The molecule has 1 aliphatic rings. The summed E-state index contributed by atoms with van der Waals surface area (Å²) < 4.78 is 55.7. The third kappa shape index (κ3) is 3.01. The van der Waals surface area contributed by atoms with Crippen molar-refractivity contribution in [1.29, 1.82) is 0 Å². The molecule has 1 aromatic rings. The number of carboxylic acid groups (broad SMARTS) is 1. The minimum absolute atomic E-state index is 0.306. The van der Waals surface area contributed by atoms with Gasteiger partial charge in [0.25, 0.3) is 0 Å². The summed E-state index contributed by atoms with van der Waals surface area (Å²) in [6.45, 7) is 0.613. The monoisotopic (exact) mass is 302 g/mol. The highest BCUT2D eigenvalue weighted by Gasteiger charge is 2.28. The van der Waals surface area contributed by atoms with Gasteiger partial charge in [0.15, 0.2) is 23.3 Å². The van der Waals surface area contributed by atoms with E-state index in [-0.39, 0.29) is 0 Å². The molecule has 0 N–H and O–H groups in total. The summed E-state index contributed by atoms with van der Waals surface area (Å²) in [5.74, 6) is -8.00. The van der Waals surface area contributed by atoms with Crippen LogP contribution in [0, 0.1) is 23.3 Å². The van der Waals surface area contributed by atoms with Gasteiger partial charge in [-0.05, 0) is 31.4 Å². The van der Waals surface area contributed by atoms with E-state index in [1.165, 1.54) is 4.90 Å². The van der Waals surface area contributed by atoms with Gasteiger partial charge in [-0.1, -0.05) is 0 Å². The molecule has 1 saturated heterocycles. The number of benzene rings is 1. The smallest absolute Gasteiger partial charge is 0.185 e. The number of hydrogen-bond acceptors (Lipinski definition) is 3. The molecule has 0 amide bonds. The minimum atomic E-state index is -1.73. The van der Waals surface area contributed by atoms with E-state index in [1.807, 2.05) is 0 Å². The third-order valence-corrected chi connectivity index (χ3v) is 3.33. The topological polar surface area (TPSA) is 43.4 Å².